The zero-order chi connectivity index (χ0) is 11.9. The van der Waals surface area contributed by atoms with Crippen molar-refractivity contribution in [1.29, 1.82) is 0 Å². The molecule has 1 spiro atoms. The van der Waals surface area contributed by atoms with Gasteiger partial charge in [0.2, 0.25) is 0 Å². The van der Waals surface area contributed by atoms with Gasteiger partial charge in [-0.25, -0.2) is 0 Å². The maximum absolute atomic E-state index is 12.2. The van der Waals surface area contributed by atoms with Crippen molar-refractivity contribution in [3.05, 3.63) is 35.4 Å². The summed E-state index contributed by atoms with van der Waals surface area (Å²) in [6.07, 6.45) is 0.981. The summed E-state index contributed by atoms with van der Waals surface area (Å²) in [5.41, 5.74) is 2.49. The van der Waals surface area contributed by atoms with Crippen molar-refractivity contribution in [3.8, 4) is 0 Å². The number of benzene rings is 1. The molecule has 3 rings (SSSR count). The zero-order valence-corrected chi connectivity index (χ0v) is 10.2. The smallest absolute Gasteiger partial charge is 0.253 e. The molecule has 3 heteroatoms. The number of rotatable bonds is 2. The zero-order valence-electron chi connectivity index (χ0n) is 10.2. The van der Waals surface area contributed by atoms with E-state index in [0.29, 0.717) is 5.41 Å². The lowest BCUT2D eigenvalue weighted by Gasteiger charge is -2.56. The van der Waals surface area contributed by atoms with Gasteiger partial charge in [-0.2, -0.15) is 0 Å². The number of hydrogen-bond donors (Lipinski definition) is 1. The van der Waals surface area contributed by atoms with Crippen LogP contribution in [0.2, 0.25) is 0 Å². The van der Waals surface area contributed by atoms with E-state index in [1.807, 2.05) is 23.1 Å². The van der Waals surface area contributed by atoms with Crippen molar-refractivity contribution in [2.75, 3.05) is 26.2 Å². The number of hydrogen-bond acceptors (Lipinski definition) is 2. The van der Waals surface area contributed by atoms with Crippen molar-refractivity contribution >= 4 is 5.91 Å². The van der Waals surface area contributed by atoms with Crippen LogP contribution in [0.1, 0.15) is 22.8 Å². The lowest BCUT2D eigenvalue weighted by Crippen LogP contribution is -2.71. The number of carbonyl (C=O) groups is 1. The second-order valence-corrected chi connectivity index (χ2v) is 5.32. The lowest BCUT2D eigenvalue weighted by molar-refractivity contribution is -0.0248. The molecular formula is C14H18N2O. The number of nitrogens with zero attached hydrogens (tertiary/aromatic N) is 1. The highest BCUT2D eigenvalue weighted by Gasteiger charge is 2.49. The quantitative estimate of drug-likeness (QED) is 0.830. The third-order valence-corrected chi connectivity index (χ3v) is 3.92. The maximum Gasteiger partial charge on any atom is 0.253 e. The first-order chi connectivity index (χ1) is 8.22. The van der Waals surface area contributed by atoms with E-state index < -0.39 is 0 Å². The molecular weight excluding hydrogens is 212 g/mol. The first-order valence-electron chi connectivity index (χ1n) is 6.31. The van der Waals surface area contributed by atoms with Crippen LogP contribution < -0.4 is 5.32 Å². The molecule has 2 aliphatic rings. The highest BCUT2D eigenvalue weighted by molar-refractivity contribution is 5.95. The molecule has 0 bridgehead atoms. The predicted molar refractivity (Wildman–Crippen MR) is 67.0 cm³/mol. The molecule has 3 nitrogen and oxygen atoms in total. The predicted octanol–water partition coefficient (Wildman–Crippen LogP) is 1.29. The molecule has 0 radical (unpaired) electrons. The van der Waals surface area contributed by atoms with E-state index >= 15 is 0 Å². The van der Waals surface area contributed by atoms with Crippen molar-refractivity contribution in [2.24, 2.45) is 5.41 Å². The van der Waals surface area contributed by atoms with Crippen LogP contribution in [-0.4, -0.2) is 37.0 Å². The van der Waals surface area contributed by atoms with Gasteiger partial charge in [0, 0.05) is 37.2 Å². The summed E-state index contributed by atoms with van der Waals surface area (Å²) in [5, 5.41) is 3.28. The molecule has 2 saturated heterocycles. The first-order valence-corrected chi connectivity index (χ1v) is 6.31. The highest BCUT2D eigenvalue weighted by Crippen LogP contribution is 2.34. The monoisotopic (exact) mass is 230 g/mol. The maximum atomic E-state index is 12.2. The number of nitrogens with one attached hydrogen (secondary N) is 1. The van der Waals surface area contributed by atoms with E-state index in [9.17, 15) is 4.79 Å². The summed E-state index contributed by atoms with van der Waals surface area (Å²) < 4.78 is 0. The Hall–Kier alpha value is -1.35. The molecule has 0 aliphatic carbocycles. The Kier molecular flexibility index (Phi) is 2.44. The average Bonchev–Trinajstić information content (AvgIpc) is 2.25. The van der Waals surface area contributed by atoms with Gasteiger partial charge < -0.3 is 10.2 Å². The molecule has 0 atom stereocenters. The van der Waals surface area contributed by atoms with Gasteiger partial charge in [-0.05, 0) is 24.1 Å². The minimum absolute atomic E-state index is 0.192. The Morgan fingerprint density at radius 1 is 1.41 bits per heavy atom. The van der Waals surface area contributed by atoms with Crippen molar-refractivity contribution in [2.45, 2.75) is 13.3 Å². The van der Waals surface area contributed by atoms with E-state index in [4.69, 9.17) is 0 Å². The normalized spacial score (nSPS) is 20.9. The molecule has 1 aromatic carbocycles. The van der Waals surface area contributed by atoms with Gasteiger partial charge in [0.25, 0.3) is 5.91 Å². The van der Waals surface area contributed by atoms with Gasteiger partial charge >= 0.3 is 0 Å². The van der Waals surface area contributed by atoms with E-state index in [0.717, 1.165) is 38.2 Å². The van der Waals surface area contributed by atoms with E-state index in [-0.39, 0.29) is 5.91 Å². The summed E-state index contributed by atoms with van der Waals surface area (Å²) in [6.45, 7) is 6.12. The fraction of sp³-hybridized carbons (Fsp3) is 0.500. The third-order valence-electron chi connectivity index (χ3n) is 3.92. The van der Waals surface area contributed by atoms with Crippen molar-refractivity contribution < 1.29 is 4.79 Å². The van der Waals surface area contributed by atoms with Crippen LogP contribution in [0.25, 0.3) is 0 Å². The Balaban J connectivity index is 1.69. The molecule has 0 unspecified atom stereocenters. The fourth-order valence-corrected chi connectivity index (χ4v) is 2.72. The van der Waals surface area contributed by atoms with Gasteiger partial charge in [0.1, 0.15) is 0 Å². The molecule has 1 N–H and O–H groups in total. The van der Waals surface area contributed by atoms with Crippen LogP contribution in [-0.2, 0) is 6.42 Å². The highest BCUT2D eigenvalue weighted by atomic mass is 16.2. The summed E-state index contributed by atoms with van der Waals surface area (Å²) >= 11 is 0. The Morgan fingerprint density at radius 2 is 2.18 bits per heavy atom. The van der Waals surface area contributed by atoms with Gasteiger partial charge in [0.05, 0.1) is 0 Å². The van der Waals surface area contributed by atoms with Crippen LogP contribution in [0, 0.1) is 5.41 Å². The largest absolute Gasteiger partial charge is 0.337 e. The van der Waals surface area contributed by atoms with Gasteiger partial charge in [-0.1, -0.05) is 19.1 Å². The van der Waals surface area contributed by atoms with Crippen LogP contribution in [0.15, 0.2) is 24.3 Å². The second kappa shape index (κ2) is 3.84. The topological polar surface area (TPSA) is 32.3 Å². The van der Waals surface area contributed by atoms with Gasteiger partial charge in [-0.3, -0.25) is 4.79 Å². The van der Waals surface area contributed by atoms with E-state index in [1.165, 1.54) is 5.56 Å². The third kappa shape index (κ3) is 1.75. The Labute approximate surface area is 102 Å². The second-order valence-electron chi connectivity index (χ2n) is 5.32. The molecule has 2 fully saturated rings. The summed E-state index contributed by atoms with van der Waals surface area (Å²) in [6, 6.07) is 7.99. The Bertz CT molecular complexity index is 443. The van der Waals surface area contributed by atoms with Crippen LogP contribution >= 0.6 is 0 Å². The molecule has 90 valence electrons. The number of likely N-dealkylation sites (tertiary alicyclic amines) is 1. The summed E-state index contributed by atoms with van der Waals surface area (Å²) in [7, 11) is 0. The minimum Gasteiger partial charge on any atom is -0.337 e. The number of amides is 1. The summed E-state index contributed by atoms with van der Waals surface area (Å²) in [5.74, 6) is 0.192. The molecule has 1 amide bonds. The standard InChI is InChI=1S/C14H18N2O/c1-2-11-4-3-5-12(6-11)13(17)16-9-14(10-16)7-15-8-14/h3-6,15H,2,7-10H2,1H3. The molecule has 0 aromatic heterocycles. The van der Waals surface area contributed by atoms with Crippen molar-refractivity contribution in [3.63, 3.8) is 0 Å². The molecule has 2 aliphatic heterocycles. The molecule has 2 heterocycles. The molecule has 17 heavy (non-hydrogen) atoms. The number of aryl methyl sites for hydroxylation is 1. The summed E-state index contributed by atoms with van der Waals surface area (Å²) in [4.78, 5) is 14.2. The van der Waals surface area contributed by atoms with Gasteiger partial charge in [0.15, 0.2) is 0 Å². The molecule has 1 aromatic rings. The first kappa shape index (κ1) is 10.8. The van der Waals surface area contributed by atoms with E-state index in [1.54, 1.807) is 0 Å². The van der Waals surface area contributed by atoms with Crippen LogP contribution in [0.3, 0.4) is 0 Å². The Morgan fingerprint density at radius 3 is 2.76 bits per heavy atom. The van der Waals surface area contributed by atoms with Crippen LogP contribution in [0.4, 0.5) is 0 Å². The SMILES string of the molecule is CCc1cccc(C(=O)N2CC3(CNC3)C2)c1. The lowest BCUT2D eigenvalue weighted by atomic mass is 9.74. The van der Waals surface area contributed by atoms with Crippen molar-refractivity contribution in [1.82, 2.24) is 10.2 Å². The average molecular weight is 230 g/mol. The van der Waals surface area contributed by atoms with E-state index in [2.05, 4.69) is 18.3 Å². The molecule has 0 saturated carbocycles. The number of carbonyl (C=O) groups excluding carboxylic acids is 1. The fourth-order valence-electron chi connectivity index (χ4n) is 2.72. The minimum atomic E-state index is 0.192. The van der Waals surface area contributed by atoms with Crippen LogP contribution in [0.5, 0.6) is 0 Å². The van der Waals surface area contributed by atoms with Gasteiger partial charge in [-0.15, -0.1) is 0 Å².